The molecule has 1 atom stereocenters. The zero-order valence-corrected chi connectivity index (χ0v) is 8.04. The lowest BCUT2D eigenvalue weighted by molar-refractivity contribution is -0.104. The van der Waals surface area contributed by atoms with Crippen LogP contribution < -0.4 is 5.32 Å². The number of carbonyl (C=O) groups excluding carboxylic acids is 1. The second-order valence-corrected chi connectivity index (χ2v) is 3.47. The summed E-state index contributed by atoms with van der Waals surface area (Å²) in [6, 6.07) is 3.19. The number of hydrogen-bond donors (Lipinski definition) is 1. The van der Waals surface area contributed by atoms with Gasteiger partial charge in [0.15, 0.2) is 6.61 Å². The number of cyclic esters (lactones) is 1. The Kier molecular flexibility index (Phi) is 2.49. The molecule has 1 aromatic rings. The summed E-state index contributed by atoms with van der Waals surface area (Å²) in [4.78, 5) is 10.9. The summed E-state index contributed by atoms with van der Waals surface area (Å²) in [7, 11) is 0. The fraction of sp³-hybridized carbons (Fsp3) is 0.300. The van der Waals surface area contributed by atoms with Crippen LogP contribution in [0.4, 0.5) is 18.0 Å². The highest BCUT2D eigenvalue weighted by molar-refractivity contribution is 5.69. The molecule has 0 bridgehead atoms. The number of nitrogens with one attached hydrogen (secondary N) is 1. The van der Waals surface area contributed by atoms with Crippen molar-refractivity contribution in [3.63, 3.8) is 0 Å². The topological polar surface area (TPSA) is 38.3 Å². The summed E-state index contributed by atoms with van der Waals surface area (Å²) < 4.78 is 43.9. The molecule has 0 aliphatic carbocycles. The normalized spacial score (nSPS) is 23.4. The van der Waals surface area contributed by atoms with Crippen LogP contribution in [0.1, 0.15) is 11.6 Å². The van der Waals surface area contributed by atoms with Crippen molar-refractivity contribution in [2.45, 2.75) is 12.0 Å². The van der Waals surface area contributed by atoms with Gasteiger partial charge in [-0.1, -0.05) is 12.1 Å². The van der Waals surface area contributed by atoms with Crippen molar-refractivity contribution in [1.29, 1.82) is 0 Å². The lowest BCUT2D eigenvalue weighted by atomic mass is 10.0. The molecule has 0 spiro atoms. The van der Waals surface area contributed by atoms with Crippen molar-refractivity contribution in [3.8, 4) is 0 Å². The van der Waals surface area contributed by atoms with Crippen molar-refractivity contribution in [2.75, 3.05) is 6.61 Å². The molecular weight excluding hydrogens is 223 g/mol. The van der Waals surface area contributed by atoms with Gasteiger partial charge in [-0.05, 0) is 17.7 Å². The van der Waals surface area contributed by atoms with E-state index in [1.807, 2.05) is 5.32 Å². The number of amides is 1. The van der Waals surface area contributed by atoms with E-state index in [1.165, 1.54) is 12.1 Å². The van der Waals surface area contributed by atoms with Crippen molar-refractivity contribution in [1.82, 2.24) is 5.32 Å². The van der Waals surface area contributed by atoms with E-state index in [4.69, 9.17) is 0 Å². The molecule has 0 radical (unpaired) electrons. The third-order valence-electron chi connectivity index (χ3n) is 2.26. The predicted molar refractivity (Wildman–Crippen MR) is 48.6 cm³/mol. The molecule has 6 heteroatoms. The molecule has 16 heavy (non-hydrogen) atoms. The zero-order chi connectivity index (χ0) is 11.8. The summed E-state index contributed by atoms with van der Waals surface area (Å²) >= 11 is 0. The molecule has 0 unspecified atom stereocenters. The van der Waals surface area contributed by atoms with Gasteiger partial charge in [-0.15, -0.1) is 0 Å². The molecule has 1 aromatic carbocycles. The molecule has 0 aromatic heterocycles. The van der Waals surface area contributed by atoms with Crippen LogP contribution in [0.25, 0.3) is 0 Å². The third-order valence-corrected chi connectivity index (χ3v) is 2.26. The molecule has 2 rings (SSSR count). The summed E-state index contributed by atoms with van der Waals surface area (Å²) in [5.41, 5.74) is 0.0154. The van der Waals surface area contributed by atoms with Crippen LogP contribution in [0.15, 0.2) is 24.3 Å². The Morgan fingerprint density at radius 3 is 2.88 bits per heavy atom. The molecule has 1 aliphatic heterocycles. The van der Waals surface area contributed by atoms with E-state index in [0.717, 1.165) is 12.1 Å². The standard InChI is InChI=1S/C10H8F3NO2/c11-7-3-1-2-6(4-7)8-10(12,13)5-16-9(15)14-8/h1-4,8H,5H2,(H,14,15)/t8-/m0/s1. The van der Waals surface area contributed by atoms with Crippen LogP contribution >= 0.6 is 0 Å². The maximum absolute atomic E-state index is 13.4. The van der Waals surface area contributed by atoms with E-state index in [9.17, 15) is 18.0 Å². The second-order valence-electron chi connectivity index (χ2n) is 3.47. The molecule has 1 aliphatic rings. The Labute approximate surface area is 89.2 Å². The van der Waals surface area contributed by atoms with Crippen LogP contribution in [-0.2, 0) is 4.74 Å². The van der Waals surface area contributed by atoms with Gasteiger partial charge in [0.1, 0.15) is 11.9 Å². The highest BCUT2D eigenvalue weighted by Gasteiger charge is 2.46. The number of halogens is 3. The zero-order valence-electron chi connectivity index (χ0n) is 8.04. The minimum atomic E-state index is -3.25. The molecular formula is C10H8F3NO2. The Morgan fingerprint density at radius 1 is 1.44 bits per heavy atom. The Morgan fingerprint density at radius 2 is 2.19 bits per heavy atom. The van der Waals surface area contributed by atoms with E-state index >= 15 is 0 Å². The van der Waals surface area contributed by atoms with Crippen molar-refractivity contribution < 1.29 is 22.7 Å². The number of alkyl halides is 2. The van der Waals surface area contributed by atoms with E-state index < -0.39 is 30.5 Å². The summed E-state index contributed by atoms with van der Waals surface area (Å²) in [6.45, 7) is -1.000. The van der Waals surface area contributed by atoms with E-state index in [-0.39, 0.29) is 5.56 Å². The second kappa shape index (κ2) is 3.70. The first-order valence-corrected chi connectivity index (χ1v) is 4.55. The summed E-state index contributed by atoms with van der Waals surface area (Å²) in [5.74, 6) is -3.88. The number of carbonyl (C=O) groups is 1. The van der Waals surface area contributed by atoms with Crippen molar-refractivity contribution >= 4 is 6.09 Å². The van der Waals surface area contributed by atoms with Gasteiger partial charge in [-0.25, -0.2) is 18.0 Å². The van der Waals surface area contributed by atoms with Crippen LogP contribution in [0.2, 0.25) is 0 Å². The number of rotatable bonds is 1. The first-order valence-electron chi connectivity index (χ1n) is 4.55. The van der Waals surface area contributed by atoms with Gasteiger partial charge in [0.2, 0.25) is 0 Å². The van der Waals surface area contributed by atoms with Crippen LogP contribution in [-0.4, -0.2) is 18.6 Å². The Hall–Kier alpha value is -1.72. The SMILES string of the molecule is O=C1N[C@@H](c2cccc(F)c2)C(F)(F)CO1. The fourth-order valence-electron chi connectivity index (χ4n) is 1.52. The average Bonchev–Trinajstić information content (AvgIpc) is 2.22. The van der Waals surface area contributed by atoms with Gasteiger partial charge in [-0.3, -0.25) is 0 Å². The molecule has 1 N–H and O–H groups in total. The Balaban J connectivity index is 2.33. The third kappa shape index (κ3) is 1.95. The van der Waals surface area contributed by atoms with Gasteiger partial charge < -0.3 is 10.1 Å². The maximum atomic E-state index is 13.4. The molecule has 86 valence electrons. The molecule has 1 amide bonds. The van der Waals surface area contributed by atoms with Crippen LogP contribution in [0.5, 0.6) is 0 Å². The molecule has 1 heterocycles. The molecule has 1 saturated heterocycles. The predicted octanol–water partition coefficient (Wildman–Crippen LogP) is 2.24. The smallest absolute Gasteiger partial charge is 0.408 e. The van der Waals surface area contributed by atoms with E-state index in [0.29, 0.717) is 0 Å². The summed E-state index contributed by atoms with van der Waals surface area (Å²) in [5, 5.41) is 1.97. The van der Waals surface area contributed by atoms with Gasteiger partial charge in [0, 0.05) is 0 Å². The number of hydrogen-bond acceptors (Lipinski definition) is 2. The van der Waals surface area contributed by atoms with Gasteiger partial charge in [-0.2, -0.15) is 0 Å². The van der Waals surface area contributed by atoms with Gasteiger partial charge in [0.25, 0.3) is 0 Å². The fourth-order valence-corrected chi connectivity index (χ4v) is 1.52. The average molecular weight is 231 g/mol. The number of alkyl carbamates (subject to hydrolysis) is 1. The molecule has 0 saturated carbocycles. The first kappa shape index (κ1) is 10.8. The largest absolute Gasteiger partial charge is 0.443 e. The lowest BCUT2D eigenvalue weighted by Crippen LogP contribution is -2.49. The number of benzene rings is 1. The van der Waals surface area contributed by atoms with Gasteiger partial charge in [0.05, 0.1) is 0 Å². The minimum absolute atomic E-state index is 0.0154. The molecule has 1 fully saturated rings. The summed E-state index contributed by atoms with van der Waals surface area (Å²) in [6.07, 6.45) is -0.930. The van der Waals surface area contributed by atoms with Gasteiger partial charge >= 0.3 is 12.0 Å². The highest BCUT2D eigenvalue weighted by Crippen LogP contribution is 2.34. The first-order chi connectivity index (χ1) is 7.49. The lowest BCUT2D eigenvalue weighted by Gasteiger charge is -2.31. The van der Waals surface area contributed by atoms with Crippen LogP contribution in [0, 0.1) is 5.82 Å². The molecule has 3 nitrogen and oxygen atoms in total. The van der Waals surface area contributed by atoms with Crippen molar-refractivity contribution in [2.24, 2.45) is 0 Å². The van der Waals surface area contributed by atoms with E-state index in [1.54, 1.807) is 0 Å². The van der Waals surface area contributed by atoms with E-state index in [2.05, 4.69) is 4.74 Å². The number of ether oxygens (including phenoxy) is 1. The minimum Gasteiger partial charge on any atom is -0.443 e. The maximum Gasteiger partial charge on any atom is 0.408 e. The quantitative estimate of drug-likeness (QED) is 0.804. The Bertz CT molecular complexity index is 422. The highest BCUT2D eigenvalue weighted by atomic mass is 19.3. The van der Waals surface area contributed by atoms with Crippen molar-refractivity contribution in [3.05, 3.63) is 35.6 Å². The van der Waals surface area contributed by atoms with Crippen LogP contribution in [0.3, 0.4) is 0 Å². The monoisotopic (exact) mass is 231 g/mol.